The molecule has 0 aliphatic carbocycles. The van der Waals surface area contributed by atoms with Gasteiger partial charge in [0.2, 0.25) is 0 Å². The van der Waals surface area contributed by atoms with Gasteiger partial charge in [0.1, 0.15) is 0 Å². The molecule has 0 amide bonds. The minimum absolute atomic E-state index is 0.00809. The predicted octanol–water partition coefficient (Wildman–Crippen LogP) is 13.2. The van der Waals surface area contributed by atoms with Crippen molar-refractivity contribution in [2.24, 2.45) is 5.41 Å². The molecule has 11 fully saturated rings. The Balaban J connectivity index is 0.959. The molecule has 0 bridgehead atoms. The Kier molecular flexibility index (Phi) is 4.59. The molecule has 11 heterocycles. The van der Waals surface area contributed by atoms with Gasteiger partial charge < -0.3 is 0 Å². The fourth-order valence-electron chi connectivity index (χ4n) is 27.1. The van der Waals surface area contributed by atoms with Gasteiger partial charge in [-0.2, -0.15) is 0 Å². The summed E-state index contributed by atoms with van der Waals surface area (Å²) in [5.74, 6) is 0. The summed E-state index contributed by atoms with van der Waals surface area (Å²) < 4.78 is 14.6. The Morgan fingerprint density at radius 2 is 1.08 bits per heavy atom. The van der Waals surface area contributed by atoms with Crippen LogP contribution in [0.4, 0.5) is 0 Å². The van der Waals surface area contributed by atoms with Gasteiger partial charge in [0.05, 0.1) is 0 Å². The molecule has 9 unspecified atom stereocenters. The molecule has 6 heteroatoms. The standard InChI is InChI=1S/C42H47O2P2.C11H18P.Fe/c1-42(2,31-29-40-43-32-17-33-44-40)30-16-15-18-34-27-28-39(45(35-19-7-3-8-20-35)36-21-9-4-10-22-36)41(34)46(37-23-11-5-12-24-37)38-25-13-6-14-26-38;1-9(2)12(10(3)4)11-7-5-6-8-11;/h3-14,19-28,40H,15-18,29-33H2,1-2H3;5-10H,1-4H3;. The second-order valence-corrected chi connectivity index (χ2v) is 56.2. The first kappa shape index (κ1) is 36.0. The van der Waals surface area contributed by atoms with Crippen molar-refractivity contribution in [2.45, 2.75) is 149 Å². The normalized spacial score (nSPS) is 49.1. The molecule has 312 valence electrons. The van der Waals surface area contributed by atoms with Gasteiger partial charge in [0.25, 0.3) is 0 Å². The van der Waals surface area contributed by atoms with Crippen molar-refractivity contribution in [3.05, 3.63) is 121 Å². The molecular formula is C53H65FeO2P3. The summed E-state index contributed by atoms with van der Waals surface area (Å²) in [6.07, 6.45) is 9.01. The van der Waals surface area contributed by atoms with Gasteiger partial charge >= 0.3 is 350 Å². The van der Waals surface area contributed by atoms with Crippen molar-refractivity contribution in [3.8, 4) is 0 Å². The summed E-state index contributed by atoms with van der Waals surface area (Å²) in [5, 5.41) is 6.93. The van der Waals surface area contributed by atoms with Crippen molar-refractivity contribution in [1.82, 2.24) is 0 Å². The van der Waals surface area contributed by atoms with E-state index in [1.54, 1.807) is 27.6 Å². The van der Waals surface area contributed by atoms with E-state index in [0.717, 1.165) is 51.1 Å². The molecule has 4 aromatic carbocycles. The van der Waals surface area contributed by atoms with Crippen LogP contribution in [0.5, 0.6) is 0 Å². The quantitative estimate of drug-likeness (QED) is 0.0598. The van der Waals surface area contributed by atoms with E-state index in [2.05, 4.69) is 163 Å². The summed E-state index contributed by atoms with van der Waals surface area (Å²) in [7, 11) is -1.10. The van der Waals surface area contributed by atoms with Crippen LogP contribution in [0.2, 0.25) is 33.2 Å². The van der Waals surface area contributed by atoms with Crippen LogP contribution in [0.3, 0.4) is 0 Å². The average molecular weight is 883 g/mol. The summed E-state index contributed by atoms with van der Waals surface area (Å²) in [4.78, 5) is 6.97. The van der Waals surface area contributed by atoms with E-state index in [0.29, 0.717) is 17.8 Å². The Morgan fingerprint density at radius 3 is 1.54 bits per heavy atom. The fraction of sp³-hybridized carbons (Fsp3) is 0.547. The molecule has 0 saturated carbocycles. The molecule has 0 aromatic heterocycles. The van der Waals surface area contributed by atoms with E-state index >= 15 is 0 Å². The summed E-state index contributed by atoms with van der Waals surface area (Å²) >= 11 is 0. The van der Waals surface area contributed by atoms with E-state index in [-0.39, 0.29) is 14.2 Å². The third-order valence-electron chi connectivity index (χ3n) is 25.0. The number of ether oxygens (including phenoxy) is 2. The first-order valence-corrected chi connectivity index (χ1v) is 33.7. The SMILES string of the molecule is CC(C)P(C(C)C)[C]12[CH]3[CH]4[CH]5[CH]1[Fe]45321678[CH]2[CH]1[C]6(P(c1ccccc1)c1ccccc1)[C]7(P(c1ccccc1)c1ccccc1)[C]28CCCCC(C)(C)CCC1OCCCO1. The van der Waals surface area contributed by atoms with Crippen LogP contribution in [0.15, 0.2) is 121 Å². The molecule has 11 saturated heterocycles. The van der Waals surface area contributed by atoms with Crippen LogP contribution >= 0.6 is 23.8 Å². The topological polar surface area (TPSA) is 18.5 Å². The van der Waals surface area contributed by atoms with E-state index in [4.69, 9.17) is 9.47 Å². The van der Waals surface area contributed by atoms with Crippen LogP contribution in [0.1, 0.15) is 86.5 Å². The molecule has 11 aliphatic heterocycles. The molecule has 11 aliphatic rings. The van der Waals surface area contributed by atoms with E-state index in [9.17, 15) is 0 Å². The average Bonchev–Trinajstić information content (AvgIpc) is 4.22. The molecule has 59 heavy (non-hydrogen) atoms. The Hall–Kier alpha value is -1.39. The van der Waals surface area contributed by atoms with Crippen LogP contribution in [0, 0.1) is 5.41 Å². The van der Waals surface area contributed by atoms with E-state index in [1.165, 1.54) is 44.9 Å². The van der Waals surface area contributed by atoms with Gasteiger partial charge in [0.15, 0.2) is 0 Å². The zero-order valence-electron chi connectivity index (χ0n) is 36.1. The molecule has 15 rings (SSSR count). The first-order chi connectivity index (χ1) is 28.4. The summed E-state index contributed by atoms with van der Waals surface area (Å²) in [6.45, 7) is 12.9. The molecule has 0 N–H and O–H groups in total. The Labute approximate surface area is 348 Å². The van der Waals surface area contributed by atoms with E-state index < -0.39 is 22.4 Å². The number of rotatable bonds is 17. The Bertz CT molecular complexity index is 2780. The zero-order chi connectivity index (χ0) is 40.0. The van der Waals surface area contributed by atoms with E-state index in [1.807, 2.05) is 0 Å². The van der Waals surface area contributed by atoms with Crippen LogP contribution in [-0.4, -0.2) is 43.0 Å². The number of benzene rings is 4. The number of unbranched alkanes of at least 4 members (excludes halogenated alkanes) is 1. The van der Waals surface area contributed by atoms with Crippen molar-refractivity contribution in [3.63, 3.8) is 0 Å². The van der Waals surface area contributed by atoms with Gasteiger partial charge in [-0.1, -0.05) is 0 Å². The van der Waals surface area contributed by atoms with Crippen LogP contribution in [-0.2, 0) is 16.0 Å². The number of hydrogen-bond acceptors (Lipinski definition) is 2. The van der Waals surface area contributed by atoms with Gasteiger partial charge in [-0.15, -0.1) is 0 Å². The second-order valence-electron chi connectivity index (χ2n) is 24.0. The van der Waals surface area contributed by atoms with Crippen molar-refractivity contribution >= 4 is 45.0 Å². The summed E-state index contributed by atoms with van der Waals surface area (Å²) in [6, 6.07) is 49.6. The Morgan fingerprint density at radius 1 is 0.610 bits per heavy atom. The third-order valence-corrected chi connectivity index (χ3v) is 90.9. The molecule has 2 nitrogen and oxygen atoms in total. The maximum atomic E-state index is 6.02. The predicted molar refractivity (Wildman–Crippen MR) is 251 cm³/mol. The second kappa shape index (κ2) is 7.52. The first-order valence-electron chi connectivity index (χ1n) is 23.5. The molecule has 4 aromatic rings. The van der Waals surface area contributed by atoms with Gasteiger partial charge in [0, 0.05) is 0 Å². The number of fused-ring (bicyclic) bond motifs is 10. The van der Waals surface area contributed by atoms with Crippen LogP contribution in [0.25, 0.3) is 0 Å². The third kappa shape index (κ3) is 1.38. The van der Waals surface area contributed by atoms with Crippen LogP contribution < -0.4 is 21.2 Å². The van der Waals surface area contributed by atoms with Gasteiger partial charge in [-0.25, -0.2) is 0 Å². The van der Waals surface area contributed by atoms with Crippen molar-refractivity contribution in [2.75, 3.05) is 13.2 Å². The van der Waals surface area contributed by atoms with Gasteiger partial charge in [-0.3, -0.25) is 0 Å². The van der Waals surface area contributed by atoms with Crippen molar-refractivity contribution < 1.29 is 16.0 Å². The molecule has 9 atom stereocenters. The van der Waals surface area contributed by atoms with Gasteiger partial charge in [-0.05, 0) is 0 Å². The molecule has 0 radical (unpaired) electrons. The maximum absolute atomic E-state index is 6.02. The molecule has 1 spiro atoms. The number of hydrogen-bond donors (Lipinski definition) is 0. The summed E-state index contributed by atoms with van der Waals surface area (Å²) in [5.41, 5.74) is 1.97. The monoisotopic (exact) mass is 882 g/mol. The van der Waals surface area contributed by atoms with Crippen molar-refractivity contribution in [1.29, 1.82) is 0 Å². The zero-order valence-corrected chi connectivity index (χ0v) is 39.9. The minimum atomic E-state index is -4.74. The molecular weight excluding hydrogens is 817 g/mol. The fourth-order valence-corrected chi connectivity index (χ4v) is 154.